The highest BCUT2D eigenvalue weighted by Gasteiger charge is 2.32. The summed E-state index contributed by atoms with van der Waals surface area (Å²) >= 11 is 5.97. The van der Waals surface area contributed by atoms with Crippen LogP contribution in [0.2, 0.25) is 5.02 Å². The first kappa shape index (κ1) is 18.1. The first-order chi connectivity index (χ1) is 11.3. The standard InChI is InChI=1S/C17H16ClF3N2O/c1-11-6-7-12(10-14(11)18)23-16(24)8-9-22-15-5-3-2-4-13(15)17(19,20)21/h2-7,10,22H,8-9H2,1H3,(H,23,24). The van der Waals surface area contributed by atoms with Crippen molar-refractivity contribution in [1.29, 1.82) is 0 Å². The molecule has 0 radical (unpaired) electrons. The van der Waals surface area contributed by atoms with E-state index < -0.39 is 11.7 Å². The number of para-hydroxylation sites is 1. The first-order valence-corrected chi connectivity index (χ1v) is 7.61. The lowest BCUT2D eigenvalue weighted by molar-refractivity contribution is -0.137. The second-order valence-electron chi connectivity index (χ2n) is 5.23. The molecule has 2 aromatic carbocycles. The zero-order valence-electron chi connectivity index (χ0n) is 12.9. The smallest absolute Gasteiger partial charge is 0.384 e. The molecule has 2 rings (SSSR count). The van der Waals surface area contributed by atoms with Crippen molar-refractivity contribution < 1.29 is 18.0 Å². The molecule has 24 heavy (non-hydrogen) atoms. The van der Waals surface area contributed by atoms with Crippen LogP contribution >= 0.6 is 11.6 Å². The predicted octanol–water partition coefficient (Wildman–Crippen LogP) is 5.11. The Morgan fingerprint density at radius 3 is 2.54 bits per heavy atom. The lowest BCUT2D eigenvalue weighted by Crippen LogP contribution is -2.17. The number of hydrogen-bond acceptors (Lipinski definition) is 2. The summed E-state index contributed by atoms with van der Waals surface area (Å²) in [7, 11) is 0. The molecule has 0 saturated heterocycles. The van der Waals surface area contributed by atoms with Gasteiger partial charge < -0.3 is 10.6 Å². The van der Waals surface area contributed by atoms with E-state index in [9.17, 15) is 18.0 Å². The van der Waals surface area contributed by atoms with E-state index >= 15 is 0 Å². The summed E-state index contributed by atoms with van der Waals surface area (Å²) in [6.45, 7) is 1.93. The van der Waals surface area contributed by atoms with E-state index in [1.165, 1.54) is 18.2 Å². The highest BCUT2D eigenvalue weighted by atomic mass is 35.5. The van der Waals surface area contributed by atoms with Crippen LogP contribution in [0, 0.1) is 6.92 Å². The van der Waals surface area contributed by atoms with Crippen LogP contribution in [0.5, 0.6) is 0 Å². The number of halogens is 4. The molecule has 0 aliphatic carbocycles. The lowest BCUT2D eigenvalue weighted by atomic mass is 10.1. The maximum absolute atomic E-state index is 12.9. The van der Waals surface area contributed by atoms with E-state index in [0.717, 1.165) is 11.6 Å². The fourth-order valence-electron chi connectivity index (χ4n) is 2.09. The van der Waals surface area contributed by atoms with Gasteiger partial charge in [-0.1, -0.05) is 29.8 Å². The van der Waals surface area contributed by atoms with E-state index in [2.05, 4.69) is 10.6 Å². The van der Waals surface area contributed by atoms with Crippen LogP contribution in [-0.2, 0) is 11.0 Å². The van der Waals surface area contributed by atoms with Gasteiger partial charge in [0.25, 0.3) is 0 Å². The van der Waals surface area contributed by atoms with Crippen molar-refractivity contribution in [1.82, 2.24) is 0 Å². The van der Waals surface area contributed by atoms with Crippen molar-refractivity contribution in [3.63, 3.8) is 0 Å². The molecule has 3 nitrogen and oxygen atoms in total. The van der Waals surface area contributed by atoms with E-state index in [4.69, 9.17) is 11.6 Å². The lowest BCUT2D eigenvalue weighted by Gasteiger charge is -2.14. The van der Waals surface area contributed by atoms with Crippen molar-refractivity contribution >= 4 is 28.9 Å². The van der Waals surface area contributed by atoms with Crippen LogP contribution < -0.4 is 10.6 Å². The Morgan fingerprint density at radius 2 is 1.88 bits per heavy atom. The maximum Gasteiger partial charge on any atom is 0.418 e. The number of amides is 1. The third-order valence-electron chi connectivity index (χ3n) is 3.36. The number of hydrogen-bond donors (Lipinski definition) is 2. The summed E-state index contributed by atoms with van der Waals surface area (Å²) < 4.78 is 38.6. The van der Waals surface area contributed by atoms with Gasteiger partial charge in [0.1, 0.15) is 0 Å². The van der Waals surface area contributed by atoms with Crippen LogP contribution in [0.3, 0.4) is 0 Å². The minimum Gasteiger partial charge on any atom is -0.384 e. The Bertz CT molecular complexity index is 732. The SMILES string of the molecule is Cc1ccc(NC(=O)CCNc2ccccc2C(F)(F)F)cc1Cl. The second-order valence-corrected chi connectivity index (χ2v) is 5.64. The molecule has 0 fully saturated rings. The predicted molar refractivity (Wildman–Crippen MR) is 89.4 cm³/mol. The van der Waals surface area contributed by atoms with Gasteiger partial charge in [0.15, 0.2) is 0 Å². The number of carbonyl (C=O) groups is 1. The van der Waals surface area contributed by atoms with Crippen LogP contribution in [-0.4, -0.2) is 12.5 Å². The minimum absolute atomic E-state index is 0.0255. The van der Waals surface area contributed by atoms with E-state index in [-0.39, 0.29) is 24.6 Å². The van der Waals surface area contributed by atoms with Crippen molar-refractivity contribution in [2.75, 3.05) is 17.2 Å². The van der Waals surface area contributed by atoms with Crippen LogP contribution in [0.1, 0.15) is 17.5 Å². The number of nitrogens with one attached hydrogen (secondary N) is 2. The Balaban J connectivity index is 1.90. The zero-order chi connectivity index (χ0) is 17.7. The molecule has 0 heterocycles. The largest absolute Gasteiger partial charge is 0.418 e. The monoisotopic (exact) mass is 356 g/mol. The van der Waals surface area contributed by atoms with Crippen LogP contribution in [0.25, 0.3) is 0 Å². The third-order valence-corrected chi connectivity index (χ3v) is 3.76. The maximum atomic E-state index is 12.9. The molecule has 128 valence electrons. The van der Waals surface area contributed by atoms with Crippen LogP contribution in [0.15, 0.2) is 42.5 Å². The zero-order valence-corrected chi connectivity index (χ0v) is 13.6. The molecule has 2 aromatic rings. The highest BCUT2D eigenvalue weighted by molar-refractivity contribution is 6.31. The van der Waals surface area contributed by atoms with Gasteiger partial charge in [-0.3, -0.25) is 4.79 Å². The van der Waals surface area contributed by atoms with E-state index in [1.807, 2.05) is 6.92 Å². The second kappa shape index (κ2) is 7.57. The number of aryl methyl sites for hydroxylation is 1. The average Bonchev–Trinajstić information content (AvgIpc) is 2.50. The van der Waals surface area contributed by atoms with Gasteiger partial charge in [0.2, 0.25) is 5.91 Å². The van der Waals surface area contributed by atoms with Crippen molar-refractivity contribution in [2.24, 2.45) is 0 Å². The third kappa shape index (κ3) is 4.89. The number of benzene rings is 2. The molecule has 0 atom stereocenters. The summed E-state index contributed by atoms with van der Waals surface area (Å²) in [5.41, 5.74) is 0.637. The quantitative estimate of drug-likeness (QED) is 0.781. The molecule has 0 aromatic heterocycles. The van der Waals surface area contributed by atoms with Gasteiger partial charge in [-0.25, -0.2) is 0 Å². The van der Waals surface area contributed by atoms with E-state index in [1.54, 1.807) is 18.2 Å². The molecule has 2 N–H and O–H groups in total. The number of rotatable bonds is 5. The summed E-state index contributed by atoms with van der Waals surface area (Å²) in [6.07, 6.45) is -4.41. The molecule has 0 aliphatic rings. The first-order valence-electron chi connectivity index (χ1n) is 7.23. The molecular weight excluding hydrogens is 341 g/mol. The average molecular weight is 357 g/mol. The van der Waals surface area contributed by atoms with Crippen molar-refractivity contribution in [2.45, 2.75) is 19.5 Å². The Labute approximate surface area is 142 Å². The highest BCUT2D eigenvalue weighted by Crippen LogP contribution is 2.34. The van der Waals surface area contributed by atoms with Gasteiger partial charge in [-0.15, -0.1) is 0 Å². The Kier molecular flexibility index (Phi) is 5.72. The minimum atomic E-state index is -4.44. The van der Waals surface area contributed by atoms with Gasteiger partial charge in [-0.2, -0.15) is 13.2 Å². The number of anilines is 2. The molecule has 7 heteroatoms. The number of alkyl halides is 3. The normalized spacial score (nSPS) is 11.2. The van der Waals surface area contributed by atoms with Crippen LogP contribution in [0.4, 0.5) is 24.5 Å². The molecule has 0 aliphatic heterocycles. The van der Waals surface area contributed by atoms with Gasteiger partial charge in [-0.05, 0) is 36.8 Å². The van der Waals surface area contributed by atoms with Gasteiger partial charge in [0.05, 0.1) is 5.56 Å². The summed E-state index contributed by atoms with van der Waals surface area (Å²) in [5.74, 6) is -0.313. The molecular formula is C17H16ClF3N2O. The number of carbonyl (C=O) groups excluding carboxylic acids is 1. The van der Waals surface area contributed by atoms with Crippen molar-refractivity contribution in [3.05, 3.63) is 58.6 Å². The molecule has 0 spiro atoms. The van der Waals surface area contributed by atoms with Gasteiger partial charge in [0, 0.05) is 29.4 Å². The topological polar surface area (TPSA) is 41.1 Å². The Morgan fingerprint density at radius 1 is 1.17 bits per heavy atom. The van der Waals surface area contributed by atoms with Crippen molar-refractivity contribution in [3.8, 4) is 0 Å². The Hall–Kier alpha value is -2.21. The fraction of sp³-hybridized carbons (Fsp3) is 0.235. The molecule has 0 unspecified atom stereocenters. The molecule has 1 amide bonds. The fourth-order valence-corrected chi connectivity index (χ4v) is 2.27. The van der Waals surface area contributed by atoms with E-state index in [0.29, 0.717) is 10.7 Å². The molecule has 0 bridgehead atoms. The molecule has 0 saturated carbocycles. The summed E-state index contributed by atoms with van der Waals surface area (Å²) in [6, 6.07) is 10.3. The summed E-state index contributed by atoms with van der Waals surface area (Å²) in [5, 5.41) is 5.84. The van der Waals surface area contributed by atoms with Gasteiger partial charge >= 0.3 is 6.18 Å². The summed E-state index contributed by atoms with van der Waals surface area (Å²) in [4.78, 5) is 11.9.